The number of aliphatic hydroxyl groups is 1. The van der Waals surface area contributed by atoms with Gasteiger partial charge in [0, 0.05) is 19.5 Å². The Hall–Kier alpha value is -1.64. The van der Waals surface area contributed by atoms with E-state index in [2.05, 4.69) is 6.92 Å². The van der Waals surface area contributed by atoms with Crippen LogP contribution in [0, 0.1) is 0 Å². The number of carbonyl (C=O) groups is 1. The predicted octanol–water partition coefficient (Wildman–Crippen LogP) is 3.07. The Labute approximate surface area is 174 Å². The maximum atomic E-state index is 11.9. The highest BCUT2D eigenvalue weighted by molar-refractivity contribution is 7.88. The zero-order chi connectivity index (χ0) is 21.7. The summed E-state index contributed by atoms with van der Waals surface area (Å²) in [7, 11) is -3.31. The number of nitrogens with zero attached hydrogens (tertiary/aromatic N) is 1. The Bertz CT molecular complexity index is 707. The molecule has 2 N–H and O–H groups in total. The minimum Gasteiger partial charge on any atom is -0.491 e. The van der Waals surface area contributed by atoms with Crippen LogP contribution in [0.4, 0.5) is 0 Å². The van der Waals surface area contributed by atoms with Gasteiger partial charge in [-0.1, -0.05) is 31.9 Å². The van der Waals surface area contributed by atoms with Gasteiger partial charge in [-0.05, 0) is 49.8 Å². The molecule has 0 radical (unpaired) electrons. The van der Waals surface area contributed by atoms with Crippen LogP contribution in [-0.4, -0.2) is 61.0 Å². The summed E-state index contributed by atoms with van der Waals surface area (Å²) in [5, 5.41) is 18.7. The van der Waals surface area contributed by atoms with E-state index in [1.165, 1.54) is 16.1 Å². The average molecular weight is 430 g/mol. The molecule has 0 heterocycles. The Morgan fingerprint density at radius 1 is 1.14 bits per heavy atom. The number of rotatable bonds is 16. The Kier molecular flexibility index (Phi) is 11.9. The fraction of sp³-hybridized carbons (Fsp3) is 0.667. The van der Waals surface area contributed by atoms with Crippen molar-refractivity contribution in [1.82, 2.24) is 4.31 Å². The van der Waals surface area contributed by atoms with Gasteiger partial charge in [0.25, 0.3) is 0 Å². The molecule has 0 aliphatic heterocycles. The fourth-order valence-corrected chi connectivity index (χ4v) is 3.92. The van der Waals surface area contributed by atoms with Crippen LogP contribution in [0.25, 0.3) is 0 Å². The summed E-state index contributed by atoms with van der Waals surface area (Å²) in [5.41, 5.74) is 1.17. The van der Waals surface area contributed by atoms with Crippen LogP contribution >= 0.6 is 0 Å². The minimum atomic E-state index is -3.31. The molecule has 1 aromatic carbocycles. The predicted molar refractivity (Wildman–Crippen MR) is 114 cm³/mol. The molecule has 1 atom stereocenters. The molecule has 0 aromatic heterocycles. The molecule has 0 amide bonds. The maximum absolute atomic E-state index is 11.9. The van der Waals surface area contributed by atoms with Gasteiger partial charge in [0.05, 0.1) is 12.4 Å². The van der Waals surface area contributed by atoms with Gasteiger partial charge in [0.1, 0.15) is 12.4 Å². The molecule has 8 heteroatoms. The van der Waals surface area contributed by atoms with Crippen LogP contribution in [0.5, 0.6) is 5.75 Å². The maximum Gasteiger partial charge on any atom is 0.303 e. The number of hydrogen-bond donors (Lipinski definition) is 2. The van der Waals surface area contributed by atoms with Crippen molar-refractivity contribution < 1.29 is 28.2 Å². The molecule has 0 spiro atoms. The number of ether oxygens (including phenoxy) is 1. The number of aliphatic hydroxyl groups excluding tert-OH is 1. The van der Waals surface area contributed by atoms with E-state index in [-0.39, 0.29) is 13.0 Å². The highest BCUT2D eigenvalue weighted by atomic mass is 32.2. The SMILES string of the molecule is CCc1cccc(OCC(O)CCCN(CCCCCCC(=O)O)S(C)(=O)=O)c1. The molecule has 0 bridgehead atoms. The molecule has 0 aliphatic carbocycles. The summed E-state index contributed by atoms with van der Waals surface area (Å²) in [6, 6.07) is 7.75. The number of hydrogen-bond acceptors (Lipinski definition) is 5. The van der Waals surface area contributed by atoms with Crippen molar-refractivity contribution in [3.8, 4) is 5.75 Å². The van der Waals surface area contributed by atoms with Crippen LogP contribution in [0.1, 0.15) is 57.4 Å². The van der Waals surface area contributed by atoms with Gasteiger partial charge in [-0.2, -0.15) is 0 Å². The van der Waals surface area contributed by atoms with E-state index in [4.69, 9.17) is 9.84 Å². The third kappa shape index (κ3) is 11.8. The lowest BCUT2D eigenvalue weighted by Crippen LogP contribution is -2.32. The summed E-state index contributed by atoms with van der Waals surface area (Å²) in [6.45, 7) is 3.02. The van der Waals surface area contributed by atoms with Crippen LogP contribution in [0.15, 0.2) is 24.3 Å². The van der Waals surface area contributed by atoms with Gasteiger partial charge in [-0.25, -0.2) is 12.7 Å². The first-order chi connectivity index (χ1) is 13.7. The summed E-state index contributed by atoms with van der Waals surface area (Å²) < 4.78 is 31.0. The number of aryl methyl sites for hydroxylation is 1. The van der Waals surface area contributed by atoms with Crippen LogP contribution in [0.2, 0.25) is 0 Å². The number of carboxylic acids is 1. The molecule has 7 nitrogen and oxygen atoms in total. The standard InChI is InChI=1S/C21H35NO6S/c1-3-18-10-8-12-20(16-18)28-17-19(23)11-9-15-22(29(2,26)27)14-7-5-4-6-13-21(24)25/h8,10,12,16,19,23H,3-7,9,11,13-15,17H2,1-2H3,(H,24,25). The van der Waals surface area contributed by atoms with Crippen molar-refractivity contribution in [1.29, 1.82) is 0 Å². The van der Waals surface area contributed by atoms with Crippen LogP contribution in [-0.2, 0) is 21.2 Å². The normalized spacial score (nSPS) is 12.8. The lowest BCUT2D eigenvalue weighted by atomic mass is 10.1. The second-order valence-electron chi connectivity index (χ2n) is 7.33. The summed E-state index contributed by atoms with van der Waals surface area (Å²) in [5.74, 6) is -0.0765. The van der Waals surface area contributed by atoms with Crippen molar-refractivity contribution in [3.63, 3.8) is 0 Å². The second-order valence-corrected chi connectivity index (χ2v) is 9.31. The van der Waals surface area contributed by atoms with E-state index in [9.17, 15) is 18.3 Å². The van der Waals surface area contributed by atoms with E-state index in [0.29, 0.717) is 38.8 Å². The van der Waals surface area contributed by atoms with E-state index < -0.39 is 22.1 Å². The summed E-state index contributed by atoms with van der Waals surface area (Å²) >= 11 is 0. The molecule has 0 aliphatic rings. The van der Waals surface area contributed by atoms with Crippen LogP contribution in [0.3, 0.4) is 0 Å². The smallest absolute Gasteiger partial charge is 0.303 e. The van der Waals surface area contributed by atoms with E-state index in [1.807, 2.05) is 24.3 Å². The number of benzene rings is 1. The van der Waals surface area contributed by atoms with Gasteiger partial charge >= 0.3 is 5.97 Å². The molecule has 0 saturated carbocycles. The molecule has 0 fully saturated rings. The third-order valence-corrected chi connectivity index (χ3v) is 6.01. The van der Waals surface area contributed by atoms with E-state index in [1.54, 1.807) is 0 Å². The minimum absolute atomic E-state index is 0.151. The van der Waals surface area contributed by atoms with Gasteiger partial charge in [0.15, 0.2) is 0 Å². The first-order valence-corrected chi connectivity index (χ1v) is 12.1. The Balaban J connectivity index is 2.29. The number of aliphatic carboxylic acids is 1. The van der Waals surface area contributed by atoms with Crippen LogP contribution < -0.4 is 4.74 Å². The molecule has 166 valence electrons. The Morgan fingerprint density at radius 2 is 1.83 bits per heavy atom. The average Bonchev–Trinajstić information content (AvgIpc) is 2.66. The monoisotopic (exact) mass is 429 g/mol. The molecule has 1 rings (SSSR count). The third-order valence-electron chi connectivity index (χ3n) is 4.71. The van der Waals surface area contributed by atoms with Crippen molar-refractivity contribution >= 4 is 16.0 Å². The summed E-state index contributed by atoms with van der Waals surface area (Å²) in [6.07, 6.45) is 5.50. The Morgan fingerprint density at radius 3 is 2.48 bits per heavy atom. The fourth-order valence-electron chi connectivity index (χ4n) is 3.00. The van der Waals surface area contributed by atoms with E-state index in [0.717, 1.165) is 25.0 Å². The molecular weight excluding hydrogens is 394 g/mol. The zero-order valence-corrected chi connectivity index (χ0v) is 18.4. The zero-order valence-electron chi connectivity index (χ0n) is 17.5. The second kappa shape index (κ2) is 13.6. The topological polar surface area (TPSA) is 104 Å². The largest absolute Gasteiger partial charge is 0.491 e. The lowest BCUT2D eigenvalue weighted by Gasteiger charge is -2.20. The van der Waals surface area contributed by atoms with E-state index >= 15 is 0 Å². The molecular formula is C21H35NO6S. The first kappa shape index (κ1) is 25.4. The van der Waals surface area contributed by atoms with Crippen molar-refractivity contribution in [2.75, 3.05) is 26.0 Å². The van der Waals surface area contributed by atoms with Crippen molar-refractivity contribution in [2.45, 2.75) is 64.4 Å². The quantitative estimate of drug-likeness (QED) is 0.391. The number of unbranched alkanes of at least 4 members (excludes halogenated alkanes) is 3. The molecule has 29 heavy (non-hydrogen) atoms. The van der Waals surface area contributed by atoms with Gasteiger partial charge in [-0.15, -0.1) is 0 Å². The molecule has 0 saturated heterocycles. The van der Waals surface area contributed by atoms with Crippen molar-refractivity contribution in [3.05, 3.63) is 29.8 Å². The highest BCUT2D eigenvalue weighted by Gasteiger charge is 2.16. The highest BCUT2D eigenvalue weighted by Crippen LogP contribution is 2.15. The van der Waals surface area contributed by atoms with Gasteiger partial charge in [0.2, 0.25) is 10.0 Å². The van der Waals surface area contributed by atoms with Crippen molar-refractivity contribution in [2.24, 2.45) is 0 Å². The molecule has 1 aromatic rings. The number of carboxylic acid groups (broad SMARTS) is 1. The van der Waals surface area contributed by atoms with Gasteiger partial charge in [-0.3, -0.25) is 4.79 Å². The first-order valence-electron chi connectivity index (χ1n) is 10.3. The lowest BCUT2D eigenvalue weighted by molar-refractivity contribution is -0.137. The molecule has 1 unspecified atom stereocenters. The summed E-state index contributed by atoms with van der Waals surface area (Å²) in [4.78, 5) is 10.5. The van der Waals surface area contributed by atoms with Gasteiger partial charge < -0.3 is 14.9 Å². The number of sulfonamides is 1.